The van der Waals surface area contributed by atoms with Crippen molar-refractivity contribution in [2.24, 2.45) is 28.7 Å². The van der Waals surface area contributed by atoms with E-state index in [0.717, 1.165) is 24.2 Å². The zero-order valence-electron chi connectivity index (χ0n) is 9.90. The molecule has 0 aromatic rings. The Hall–Kier alpha value is -0.590. The molecule has 0 amide bonds. The molecule has 1 aliphatic carbocycles. The molecule has 1 nitrogen and oxygen atoms in total. The first kappa shape index (κ1) is 11.5. The smallest absolute Gasteiger partial charge is 0.0273 e. The zero-order valence-corrected chi connectivity index (χ0v) is 9.90. The van der Waals surface area contributed by atoms with Crippen LogP contribution in [0.1, 0.15) is 33.6 Å². The molecular formula is C13H23N. The maximum atomic E-state index is 4.15. The van der Waals surface area contributed by atoms with E-state index in [1.54, 1.807) is 0 Å². The predicted octanol–water partition coefficient (Wildman–Crippen LogP) is 3.56. The third-order valence-electron chi connectivity index (χ3n) is 3.32. The third-order valence-corrected chi connectivity index (χ3v) is 3.32. The fraction of sp³-hybridized carbons (Fsp3) is 0.769. The highest BCUT2D eigenvalue weighted by Gasteiger charge is 2.39. The van der Waals surface area contributed by atoms with Crippen molar-refractivity contribution < 1.29 is 0 Å². The summed E-state index contributed by atoms with van der Waals surface area (Å²) in [6.45, 7) is 6.86. The molecule has 0 spiro atoms. The second kappa shape index (κ2) is 5.33. The summed E-state index contributed by atoms with van der Waals surface area (Å²) in [6.07, 6.45) is 9.31. The Morgan fingerprint density at radius 2 is 2.14 bits per heavy atom. The van der Waals surface area contributed by atoms with E-state index in [1.807, 2.05) is 7.05 Å². The Morgan fingerprint density at radius 1 is 1.43 bits per heavy atom. The lowest BCUT2D eigenvalue weighted by atomic mass is 9.61. The lowest BCUT2D eigenvalue weighted by Gasteiger charge is -2.44. The van der Waals surface area contributed by atoms with Crippen molar-refractivity contribution in [2.75, 3.05) is 7.05 Å². The van der Waals surface area contributed by atoms with Crippen LogP contribution in [0.4, 0.5) is 0 Å². The second-order valence-corrected chi connectivity index (χ2v) is 4.63. The van der Waals surface area contributed by atoms with Crippen LogP contribution in [0, 0.1) is 23.7 Å². The molecule has 0 aromatic heterocycles. The zero-order chi connectivity index (χ0) is 10.6. The maximum absolute atomic E-state index is 4.15. The van der Waals surface area contributed by atoms with Gasteiger partial charge >= 0.3 is 0 Å². The van der Waals surface area contributed by atoms with Gasteiger partial charge in [-0.2, -0.15) is 0 Å². The summed E-state index contributed by atoms with van der Waals surface area (Å²) in [7, 11) is 1.88. The molecule has 1 fully saturated rings. The van der Waals surface area contributed by atoms with Gasteiger partial charge in [-0.25, -0.2) is 0 Å². The summed E-state index contributed by atoms with van der Waals surface area (Å²) >= 11 is 0. The highest BCUT2D eigenvalue weighted by Crippen LogP contribution is 2.44. The van der Waals surface area contributed by atoms with Gasteiger partial charge in [-0.05, 0) is 30.6 Å². The molecule has 3 unspecified atom stereocenters. The topological polar surface area (TPSA) is 12.4 Å². The van der Waals surface area contributed by atoms with Crippen molar-refractivity contribution in [3.05, 3.63) is 12.2 Å². The van der Waals surface area contributed by atoms with E-state index in [9.17, 15) is 0 Å². The molecule has 0 radical (unpaired) electrons. The molecule has 14 heavy (non-hydrogen) atoms. The van der Waals surface area contributed by atoms with Gasteiger partial charge in [0.15, 0.2) is 0 Å². The van der Waals surface area contributed by atoms with E-state index in [-0.39, 0.29) is 0 Å². The Labute approximate surface area is 88.3 Å². The Bertz CT molecular complexity index is 215. The normalized spacial score (nSPS) is 33.1. The summed E-state index contributed by atoms with van der Waals surface area (Å²) < 4.78 is 0. The number of rotatable bonds is 4. The number of hydrogen-bond donors (Lipinski definition) is 0. The van der Waals surface area contributed by atoms with Crippen LogP contribution in [-0.4, -0.2) is 13.3 Å². The van der Waals surface area contributed by atoms with Crippen molar-refractivity contribution in [2.45, 2.75) is 33.6 Å². The molecule has 0 N–H and O–H groups in total. The van der Waals surface area contributed by atoms with Crippen molar-refractivity contribution in [3.8, 4) is 0 Å². The number of nitrogens with zero attached hydrogens (tertiary/aromatic N) is 1. The average Bonchev–Trinajstić information content (AvgIpc) is 2.11. The molecule has 1 saturated carbocycles. The molecule has 1 rings (SSSR count). The van der Waals surface area contributed by atoms with Gasteiger partial charge in [-0.3, -0.25) is 0 Å². The van der Waals surface area contributed by atoms with Gasteiger partial charge in [0.2, 0.25) is 0 Å². The highest BCUT2D eigenvalue weighted by molar-refractivity contribution is 5.63. The first-order valence-corrected chi connectivity index (χ1v) is 5.79. The van der Waals surface area contributed by atoms with E-state index in [0.29, 0.717) is 5.92 Å². The van der Waals surface area contributed by atoms with Crippen molar-refractivity contribution in [1.29, 1.82) is 0 Å². The highest BCUT2D eigenvalue weighted by atomic mass is 14.7. The summed E-state index contributed by atoms with van der Waals surface area (Å²) in [5.74, 6) is 3.14. The third kappa shape index (κ3) is 2.46. The van der Waals surface area contributed by atoms with Crippen LogP contribution in [0.15, 0.2) is 17.1 Å². The summed E-state index contributed by atoms with van der Waals surface area (Å²) in [5, 5.41) is 0. The van der Waals surface area contributed by atoms with Crippen molar-refractivity contribution in [1.82, 2.24) is 0 Å². The van der Waals surface area contributed by atoms with Crippen LogP contribution in [0.3, 0.4) is 0 Å². The fourth-order valence-electron chi connectivity index (χ4n) is 2.40. The standard InChI is InChI=1S/C13H23N/c1-5-6-7-12-11(9-14-4)8-13(12)10(2)3/h6-7,9-13H,5,8H2,1-4H3/b7-6-,14-9?. The van der Waals surface area contributed by atoms with Crippen LogP contribution in [0.5, 0.6) is 0 Å². The van der Waals surface area contributed by atoms with Gasteiger partial charge in [0.05, 0.1) is 0 Å². The predicted molar refractivity (Wildman–Crippen MR) is 63.8 cm³/mol. The van der Waals surface area contributed by atoms with Crippen LogP contribution < -0.4 is 0 Å². The fourth-order valence-corrected chi connectivity index (χ4v) is 2.40. The molecule has 80 valence electrons. The Morgan fingerprint density at radius 3 is 2.64 bits per heavy atom. The molecule has 0 bridgehead atoms. The maximum Gasteiger partial charge on any atom is 0.0273 e. The van der Waals surface area contributed by atoms with Gasteiger partial charge in [0.1, 0.15) is 0 Å². The number of allylic oxidation sites excluding steroid dienone is 2. The molecule has 0 saturated heterocycles. The Kier molecular flexibility index (Phi) is 4.37. The molecule has 0 heterocycles. The van der Waals surface area contributed by atoms with Gasteiger partial charge in [-0.15, -0.1) is 0 Å². The molecule has 0 aromatic carbocycles. The van der Waals surface area contributed by atoms with Crippen LogP contribution in [0.25, 0.3) is 0 Å². The minimum absolute atomic E-state index is 0.704. The van der Waals surface area contributed by atoms with Gasteiger partial charge in [0.25, 0.3) is 0 Å². The number of hydrogen-bond acceptors (Lipinski definition) is 1. The molecule has 3 atom stereocenters. The van der Waals surface area contributed by atoms with E-state index < -0.39 is 0 Å². The first-order valence-electron chi connectivity index (χ1n) is 5.79. The van der Waals surface area contributed by atoms with Crippen LogP contribution >= 0.6 is 0 Å². The number of aliphatic imine (C=N–C) groups is 1. The van der Waals surface area contributed by atoms with E-state index in [2.05, 4.69) is 44.1 Å². The molecular weight excluding hydrogens is 170 g/mol. The van der Waals surface area contributed by atoms with Crippen LogP contribution in [0.2, 0.25) is 0 Å². The SMILES string of the molecule is CC/C=C\C1C(C=NC)CC1C(C)C. The summed E-state index contributed by atoms with van der Waals surface area (Å²) in [6, 6.07) is 0. The van der Waals surface area contributed by atoms with Gasteiger partial charge in [0, 0.05) is 19.2 Å². The summed E-state index contributed by atoms with van der Waals surface area (Å²) in [4.78, 5) is 4.15. The van der Waals surface area contributed by atoms with Crippen molar-refractivity contribution in [3.63, 3.8) is 0 Å². The molecule has 1 heteroatoms. The Balaban J connectivity index is 2.56. The van der Waals surface area contributed by atoms with Crippen molar-refractivity contribution >= 4 is 6.21 Å². The van der Waals surface area contributed by atoms with Crippen LogP contribution in [-0.2, 0) is 0 Å². The largest absolute Gasteiger partial charge is 0.301 e. The summed E-state index contributed by atoms with van der Waals surface area (Å²) in [5.41, 5.74) is 0. The monoisotopic (exact) mass is 193 g/mol. The quantitative estimate of drug-likeness (QED) is 0.478. The first-order chi connectivity index (χ1) is 6.70. The van der Waals surface area contributed by atoms with E-state index in [1.165, 1.54) is 6.42 Å². The molecule has 1 aliphatic rings. The second-order valence-electron chi connectivity index (χ2n) is 4.63. The lowest BCUT2D eigenvalue weighted by Crippen LogP contribution is -2.39. The minimum Gasteiger partial charge on any atom is -0.301 e. The minimum atomic E-state index is 0.704. The average molecular weight is 193 g/mol. The van der Waals surface area contributed by atoms with Gasteiger partial charge < -0.3 is 4.99 Å². The van der Waals surface area contributed by atoms with E-state index >= 15 is 0 Å². The van der Waals surface area contributed by atoms with E-state index in [4.69, 9.17) is 0 Å². The lowest BCUT2D eigenvalue weighted by molar-refractivity contribution is 0.121. The van der Waals surface area contributed by atoms with Gasteiger partial charge in [-0.1, -0.05) is 32.9 Å². The molecule has 0 aliphatic heterocycles.